The molecule has 0 atom stereocenters. The fourth-order valence-electron chi connectivity index (χ4n) is 1.95. The fourth-order valence-corrected chi connectivity index (χ4v) is 2.17. The quantitative estimate of drug-likeness (QED) is 0.711. The largest absolute Gasteiger partial charge is 0.305 e. The molecule has 0 fully saturated rings. The number of nitrogens with zero attached hydrogens (tertiary/aromatic N) is 3. The van der Waals surface area contributed by atoms with Crippen molar-refractivity contribution in [1.29, 1.82) is 0 Å². The van der Waals surface area contributed by atoms with Gasteiger partial charge < -0.3 is 10.6 Å². The summed E-state index contributed by atoms with van der Waals surface area (Å²) in [7, 11) is 0. The highest BCUT2D eigenvalue weighted by molar-refractivity contribution is 6.30. The summed E-state index contributed by atoms with van der Waals surface area (Å²) >= 11 is 11.5. The van der Waals surface area contributed by atoms with Crippen molar-refractivity contribution in [3.63, 3.8) is 0 Å². The third-order valence-electron chi connectivity index (χ3n) is 3.15. The summed E-state index contributed by atoms with van der Waals surface area (Å²) in [4.78, 5) is 36.5. The molecule has 0 unspecified atom stereocenters. The average Bonchev–Trinajstić information content (AvgIpc) is 2.65. The van der Waals surface area contributed by atoms with Gasteiger partial charge in [0, 0.05) is 12.4 Å². The zero-order valence-corrected chi connectivity index (χ0v) is 14.6. The molecule has 7 nitrogen and oxygen atoms in total. The molecular formula is C17H11Cl2N5O2. The lowest BCUT2D eigenvalue weighted by Gasteiger charge is -2.07. The summed E-state index contributed by atoms with van der Waals surface area (Å²) in [5, 5.41) is 6.06. The highest BCUT2D eigenvalue weighted by Crippen LogP contribution is 2.12. The summed E-state index contributed by atoms with van der Waals surface area (Å²) in [5.74, 6) is -0.360. The van der Waals surface area contributed by atoms with E-state index in [-0.39, 0.29) is 11.4 Å². The SMILES string of the molecule is O=C(Nc1ccc(Cl)cn1)c1cccc(C(=O)Nc2ccc(Cl)cn2)n1. The van der Waals surface area contributed by atoms with Crippen molar-refractivity contribution in [3.8, 4) is 0 Å². The zero-order chi connectivity index (χ0) is 18.5. The van der Waals surface area contributed by atoms with Gasteiger partial charge in [-0.2, -0.15) is 0 Å². The van der Waals surface area contributed by atoms with E-state index in [4.69, 9.17) is 23.2 Å². The van der Waals surface area contributed by atoms with E-state index in [2.05, 4.69) is 25.6 Å². The minimum absolute atomic E-state index is 0.0680. The Morgan fingerprint density at radius 1 is 0.731 bits per heavy atom. The van der Waals surface area contributed by atoms with Crippen molar-refractivity contribution in [2.75, 3.05) is 10.6 Å². The Kier molecular flexibility index (Phi) is 5.40. The van der Waals surface area contributed by atoms with Crippen molar-refractivity contribution in [3.05, 3.63) is 76.3 Å². The molecule has 3 rings (SSSR count). The molecule has 0 bridgehead atoms. The summed E-state index contributed by atoms with van der Waals surface area (Å²) in [6, 6.07) is 10.8. The number of halogens is 2. The van der Waals surface area contributed by atoms with Crippen LogP contribution in [0.25, 0.3) is 0 Å². The highest BCUT2D eigenvalue weighted by Gasteiger charge is 2.13. The first-order valence-corrected chi connectivity index (χ1v) is 8.10. The van der Waals surface area contributed by atoms with E-state index in [1.54, 1.807) is 30.3 Å². The molecule has 0 aliphatic rings. The molecule has 3 aromatic heterocycles. The predicted octanol–water partition coefficient (Wildman–Crippen LogP) is 3.68. The lowest BCUT2D eigenvalue weighted by Crippen LogP contribution is -2.19. The zero-order valence-electron chi connectivity index (χ0n) is 13.1. The number of pyridine rings is 3. The first-order valence-electron chi connectivity index (χ1n) is 7.34. The topological polar surface area (TPSA) is 96.9 Å². The van der Waals surface area contributed by atoms with Gasteiger partial charge in [-0.05, 0) is 36.4 Å². The number of hydrogen-bond donors (Lipinski definition) is 2. The van der Waals surface area contributed by atoms with Crippen LogP contribution in [0.3, 0.4) is 0 Å². The van der Waals surface area contributed by atoms with Crippen LogP contribution in [-0.4, -0.2) is 26.8 Å². The van der Waals surface area contributed by atoms with Crippen LogP contribution in [0.15, 0.2) is 54.9 Å². The van der Waals surface area contributed by atoms with E-state index in [0.29, 0.717) is 21.7 Å². The molecule has 130 valence electrons. The van der Waals surface area contributed by atoms with Crippen LogP contribution in [0.1, 0.15) is 21.0 Å². The van der Waals surface area contributed by atoms with Crippen molar-refractivity contribution in [1.82, 2.24) is 15.0 Å². The molecule has 0 saturated heterocycles. The van der Waals surface area contributed by atoms with Crippen LogP contribution in [0, 0.1) is 0 Å². The van der Waals surface area contributed by atoms with Crippen LogP contribution in [0.4, 0.5) is 11.6 Å². The van der Waals surface area contributed by atoms with Crippen LogP contribution in [0.5, 0.6) is 0 Å². The average molecular weight is 388 g/mol. The molecule has 2 amide bonds. The van der Waals surface area contributed by atoms with Crippen LogP contribution in [0.2, 0.25) is 10.0 Å². The molecule has 3 aromatic rings. The van der Waals surface area contributed by atoms with Crippen LogP contribution in [-0.2, 0) is 0 Å². The minimum atomic E-state index is -0.501. The Labute approximate surface area is 158 Å². The van der Waals surface area contributed by atoms with E-state index in [1.807, 2.05) is 0 Å². The minimum Gasteiger partial charge on any atom is -0.305 e. The Balaban J connectivity index is 1.72. The van der Waals surface area contributed by atoms with Crippen molar-refractivity contribution in [2.24, 2.45) is 0 Å². The molecule has 0 spiro atoms. The maximum Gasteiger partial charge on any atom is 0.275 e. The summed E-state index contributed by atoms with van der Waals surface area (Å²) < 4.78 is 0. The van der Waals surface area contributed by atoms with Crippen molar-refractivity contribution >= 4 is 46.7 Å². The number of aromatic nitrogens is 3. The number of rotatable bonds is 4. The second kappa shape index (κ2) is 7.90. The monoisotopic (exact) mass is 387 g/mol. The molecule has 0 saturated carbocycles. The van der Waals surface area contributed by atoms with Crippen LogP contribution >= 0.6 is 23.2 Å². The third kappa shape index (κ3) is 4.53. The summed E-state index contributed by atoms with van der Waals surface area (Å²) in [5.41, 5.74) is 0.136. The number of anilines is 2. The van der Waals surface area contributed by atoms with E-state index >= 15 is 0 Å². The molecule has 2 N–H and O–H groups in total. The van der Waals surface area contributed by atoms with E-state index in [0.717, 1.165) is 0 Å². The third-order valence-corrected chi connectivity index (χ3v) is 3.60. The summed E-state index contributed by atoms with van der Waals surface area (Å²) in [6.07, 6.45) is 2.82. The normalized spacial score (nSPS) is 10.2. The van der Waals surface area contributed by atoms with Crippen molar-refractivity contribution in [2.45, 2.75) is 0 Å². The Morgan fingerprint density at radius 2 is 1.19 bits per heavy atom. The van der Waals surface area contributed by atoms with E-state index < -0.39 is 11.8 Å². The number of amides is 2. The number of nitrogens with one attached hydrogen (secondary N) is 2. The lowest BCUT2D eigenvalue weighted by atomic mass is 10.2. The van der Waals surface area contributed by atoms with E-state index in [1.165, 1.54) is 24.5 Å². The second-order valence-corrected chi connectivity index (χ2v) is 5.91. The smallest absolute Gasteiger partial charge is 0.275 e. The van der Waals surface area contributed by atoms with E-state index in [9.17, 15) is 9.59 Å². The Morgan fingerprint density at radius 3 is 1.58 bits per heavy atom. The van der Waals surface area contributed by atoms with Gasteiger partial charge in [0.1, 0.15) is 23.0 Å². The molecule has 0 aliphatic heterocycles. The first kappa shape index (κ1) is 17.8. The van der Waals surface area contributed by atoms with Gasteiger partial charge in [0.25, 0.3) is 11.8 Å². The van der Waals surface area contributed by atoms with Gasteiger partial charge in [0.15, 0.2) is 0 Å². The first-order chi connectivity index (χ1) is 12.5. The van der Waals surface area contributed by atoms with Gasteiger partial charge in [-0.25, -0.2) is 15.0 Å². The molecular weight excluding hydrogens is 377 g/mol. The Hall–Kier alpha value is -3.03. The summed E-state index contributed by atoms with van der Waals surface area (Å²) in [6.45, 7) is 0. The molecule has 0 aromatic carbocycles. The molecule has 3 heterocycles. The number of carbonyl (C=O) groups is 2. The highest BCUT2D eigenvalue weighted by atomic mass is 35.5. The molecule has 0 radical (unpaired) electrons. The van der Waals surface area contributed by atoms with Gasteiger partial charge in [0.2, 0.25) is 0 Å². The van der Waals surface area contributed by atoms with Gasteiger partial charge in [-0.3, -0.25) is 9.59 Å². The maximum atomic E-state index is 12.3. The molecule has 9 heteroatoms. The fraction of sp³-hybridized carbons (Fsp3) is 0. The lowest BCUT2D eigenvalue weighted by molar-refractivity contribution is 0.101. The molecule has 0 aliphatic carbocycles. The Bertz CT molecular complexity index is 871. The van der Waals surface area contributed by atoms with Crippen molar-refractivity contribution < 1.29 is 9.59 Å². The second-order valence-electron chi connectivity index (χ2n) is 5.04. The standard InChI is InChI=1S/C17H11Cl2N5O2/c18-10-4-6-14(20-8-10)23-16(25)12-2-1-3-13(22-12)17(26)24-15-7-5-11(19)9-21-15/h1-9H,(H,20,23,25)(H,21,24,26). The van der Waals surface area contributed by atoms with Crippen LogP contribution < -0.4 is 10.6 Å². The molecule has 26 heavy (non-hydrogen) atoms. The van der Waals surface area contributed by atoms with Gasteiger partial charge >= 0.3 is 0 Å². The maximum absolute atomic E-state index is 12.3. The van der Waals surface area contributed by atoms with Gasteiger partial charge in [-0.1, -0.05) is 29.3 Å². The van der Waals surface area contributed by atoms with Gasteiger partial charge in [-0.15, -0.1) is 0 Å². The number of carbonyl (C=O) groups excluding carboxylic acids is 2. The number of hydrogen-bond acceptors (Lipinski definition) is 5. The van der Waals surface area contributed by atoms with Gasteiger partial charge in [0.05, 0.1) is 10.0 Å². The predicted molar refractivity (Wildman–Crippen MR) is 98.6 cm³/mol.